The van der Waals surface area contributed by atoms with Gasteiger partial charge >= 0.3 is 0 Å². The van der Waals surface area contributed by atoms with Crippen molar-refractivity contribution in [2.75, 3.05) is 0 Å². The quantitative estimate of drug-likeness (QED) is 0.859. The number of rotatable bonds is 5. The Bertz CT molecular complexity index is 421. The zero-order chi connectivity index (χ0) is 11.4. The molecule has 2 aromatic rings. The normalized spacial score (nSPS) is 12.9. The number of thiazole rings is 1. The molecule has 0 saturated carbocycles. The summed E-state index contributed by atoms with van der Waals surface area (Å²) in [6.07, 6.45) is 7.56. The lowest BCUT2D eigenvalue weighted by molar-refractivity contribution is 0.638. The highest BCUT2D eigenvalue weighted by Gasteiger charge is 2.05. The lowest BCUT2D eigenvalue weighted by Crippen LogP contribution is -2.21. The molecule has 0 radical (unpaired) electrons. The number of imidazole rings is 1. The maximum absolute atomic E-state index is 5.89. The van der Waals surface area contributed by atoms with Crippen molar-refractivity contribution < 1.29 is 0 Å². The van der Waals surface area contributed by atoms with Crippen LogP contribution in [-0.4, -0.2) is 20.6 Å². The molecule has 0 aliphatic carbocycles. The van der Waals surface area contributed by atoms with Gasteiger partial charge in [0.15, 0.2) is 0 Å². The molecule has 0 saturated heterocycles. The third-order valence-corrected chi connectivity index (χ3v) is 3.25. The van der Waals surface area contributed by atoms with Crippen molar-refractivity contribution in [1.82, 2.24) is 14.5 Å². The molecule has 16 heavy (non-hydrogen) atoms. The van der Waals surface area contributed by atoms with E-state index >= 15 is 0 Å². The van der Waals surface area contributed by atoms with Gasteiger partial charge in [-0.15, -0.1) is 11.3 Å². The highest BCUT2D eigenvalue weighted by molar-refractivity contribution is 7.09. The highest BCUT2D eigenvalue weighted by Crippen LogP contribution is 2.08. The summed E-state index contributed by atoms with van der Waals surface area (Å²) in [4.78, 5) is 8.59. The van der Waals surface area contributed by atoms with Gasteiger partial charge in [-0.25, -0.2) is 9.97 Å². The molecule has 1 atom stereocenters. The number of hydrogen-bond acceptors (Lipinski definition) is 4. The lowest BCUT2D eigenvalue weighted by atomic mass is 10.1. The van der Waals surface area contributed by atoms with Gasteiger partial charge in [0.2, 0.25) is 0 Å². The maximum Gasteiger partial charge on any atom is 0.112 e. The number of aromatic nitrogens is 3. The van der Waals surface area contributed by atoms with Gasteiger partial charge in [-0.1, -0.05) is 6.92 Å². The maximum atomic E-state index is 5.89. The van der Waals surface area contributed by atoms with E-state index in [-0.39, 0.29) is 6.04 Å². The Balaban J connectivity index is 1.97. The zero-order valence-electron chi connectivity index (χ0n) is 9.34. The fraction of sp³-hybridized carbons (Fsp3) is 0.455. The van der Waals surface area contributed by atoms with Crippen LogP contribution in [0.4, 0.5) is 0 Å². The molecule has 0 spiro atoms. The molecule has 0 aliphatic heterocycles. The molecule has 2 rings (SSSR count). The minimum atomic E-state index is 0.211. The second-order valence-electron chi connectivity index (χ2n) is 3.84. The lowest BCUT2D eigenvalue weighted by Gasteiger charge is -2.04. The first-order chi connectivity index (χ1) is 7.78. The van der Waals surface area contributed by atoms with Crippen LogP contribution in [0.1, 0.15) is 24.0 Å². The minimum absolute atomic E-state index is 0.211. The van der Waals surface area contributed by atoms with Gasteiger partial charge < -0.3 is 10.3 Å². The smallest absolute Gasteiger partial charge is 0.112 e. The largest absolute Gasteiger partial charge is 0.330 e. The Labute approximate surface area is 99.2 Å². The van der Waals surface area contributed by atoms with Gasteiger partial charge in [-0.3, -0.25) is 0 Å². The second-order valence-corrected chi connectivity index (χ2v) is 4.81. The third-order valence-electron chi connectivity index (χ3n) is 2.48. The van der Waals surface area contributed by atoms with Crippen LogP contribution in [0.15, 0.2) is 24.1 Å². The molecule has 0 aromatic carbocycles. The van der Waals surface area contributed by atoms with Crippen LogP contribution in [0, 0.1) is 0 Å². The van der Waals surface area contributed by atoms with E-state index in [2.05, 4.69) is 27.7 Å². The van der Waals surface area contributed by atoms with Crippen molar-refractivity contribution >= 4 is 11.3 Å². The Morgan fingerprint density at radius 2 is 2.38 bits per heavy atom. The topological polar surface area (TPSA) is 56.7 Å². The van der Waals surface area contributed by atoms with Crippen LogP contribution < -0.4 is 5.73 Å². The molecule has 4 nitrogen and oxygen atoms in total. The first-order valence-corrected chi connectivity index (χ1v) is 6.30. The standard InChI is InChI=1S/C11H16N4S/c1-2-9(12)5-10-6-15(8-14-10)7-11-13-3-4-16-11/h3-4,6,8-9H,2,5,7,12H2,1H3. The van der Waals surface area contributed by atoms with E-state index in [1.807, 2.05) is 17.9 Å². The average molecular weight is 236 g/mol. The molecule has 86 valence electrons. The molecule has 5 heteroatoms. The molecule has 2 heterocycles. The summed E-state index contributed by atoms with van der Waals surface area (Å²) in [5.74, 6) is 0. The first-order valence-electron chi connectivity index (χ1n) is 5.42. The van der Waals surface area contributed by atoms with E-state index in [0.29, 0.717) is 0 Å². The van der Waals surface area contributed by atoms with Gasteiger partial charge in [0.25, 0.3) is 0 Å². The Morgan fingerprint density at radius 1 is 1.50 bits per heavy atom. The molecule has 2 aromatic heterocycles. The fourth-order valence-corrected chi connectivity index (χ4v) is 2.12. The van der Waals surface area contributed by atoms with Gasteiger partial charge in [-0.2, -0.15) is 0 Å². The SMILES string of the molecule is CCC(N)Cc1cn(Cc2nccs2)cn1. The molecule has 2 N–H and O–H groups in total. The fourth-order valence-electron chi connectivity index (χ4n) is 1.50. The van der Waals surface area contributed by atoms with Gasteiger partial charge in [0.05, 0.1) is 18.6 Å². The monoisotopic (exact) mass is 236 g/mol. The van der Waals surface area contributed by atoms with E-state index in [0.717, 1.165) is 30.1 Å². The van der Waals surface area contributed by atoms with Crippen molar-refractivity contribution in [2.24, 2.45) is 5.73 Å². The molecule has 0 fully saturated rings. The van der Waals surface area contributed by atoms with E-state index in [9.17, 15) is 0 Å². The van der Waals surface area contributed by atoms with Crippen LogP contribution >= 0.6 is 11.3 Å². The molecule has 0 aliphatic rings. The Morgan fingerprint density at radius 3 is 3.06 bits per heavy atom. The van der Waals surface area contributed by atoms with Gasteiger partial charge in [0.1, 0.15) is 5.01 Å². The average Bonchev–Trinajstić information content (AvgIpc) is 2.91. The summed E-state index contributed by atoms with van der Waals surface area (Å²) in [6, 6.07) is 0.211. The van der Waals surface area contributed by atoms with E-state index < -0.39 is 0 Å². The zero-order valence-corrected chi connectivity index (χ0v) is 10.2. The molecular formula is C11H16N4S. The Kier molecular flexibility index (Phi) is 3.69. The van der Waals surface area contributed by atoms with Crippen molar-refractivity contribution in [3.05, 3.63) is 34.8 Å². The highest BCUT2D eigenvalue weighted by atomic mass is 32.1. The van der Waals surface area contributed by atoms with Crippen LogP contribution in [0.3, 0.4) is 0 Å². The van der Waals surface area contributed by atoms with E-state index in [1.54, 1.807) is 11.3 Å². The van der Waals surface area contributed by atoms with Crippen molar-refractivity contribution in [1.29, 1.82) is 0 Å². The summed E-state index contributed by atoms with van der Waals surface area (Å²) in [5.41, 5.74) is 6.95. The Hall–Kier alpha value is -1.20. The molecule has 0 amide bonds. The number of nitrogens with zero attached hydrogens (tertiary/aromatic N) is 3. The predicted octanol–water partition coefficient (Wildman–Crippen LogP) is 1.67. The van der Waals surface area contributed by atoms with Crippen LogP contribution in [0.5, 0.6) is 0 Å². The summed E-state index contributed by atoms with van der Waals surface area (Å²) >= 11 is 1.66. The van der Waals surface area contributed by atoms with Crippen LogP contribution in [-0.2, 0) is 13.0 Å². The van der Waals surface area contributed by atoms with Crippen molar-refractivity contribution in [3.8, 4) is 0 Å². The van der Waals surface area contributed by atoms with Crippen molar-refractivity contribution in [2.45, 2.75) is 32.4 Å². The molecule has 1 unspecified atom stereocenters. The second kappa shape index (κ2) is 5.23. The predicted molar refractivity (Wildman–Crippen MR) is 65.4 cm³/mol. The number of nitrogens with two attached hydrogens (primary N) is 1. The van der Waals surface area contributed by atoms with Crippen LogP contribution in [0.2, 0.25) is 0 Å². The summed E-state index contributed by atoms with van der Waals surface area (Å²) in [6.45, 7) is 2.89. The summed E-state index contributed by atoms with van der Waals surface area (Å²) in [5, 5.41) is 3.09. The van der Waals surface area contributed by atoms with E-state index in [4.69, 9.17) is 5.73 Å². The van der Waals surface area contributed by atoms with Crippen LogP contribution in [0.25, 0.3) is 0 Å². The molecular weight excluding hydrogens is 220 g/mol. The van der Waals surface area contributed by atoms with Gasteiger partial charge in [-0.05, 0) is 6.42 Å². The first kappa shape index (κ1) is 11.3. The van der Waals surface area contributed by atoms with E-state index in [1.165, 1.54) is 0 Å². The number of hydrogen-bond donors (Lipinski definition) is 1. The minimum Gasteiger partial charge on any atom is -0.330 e. The van der Waals surface area contributed by atoms with Crippen molar-refractivity contribution in [3.63, 3.8) is 0 Å². The third kappa shape index (κ3) is 2.90. The van der Waals surface area contributed by atoms with Gasteiger partial charge in [0, 0.05) is 30.2 Å². The molecule has 0 bridgehead atoms. The summed E-state index contributed by atoms with van der Waals surface area (Å²) in [7, 11) is 0. The summed E-state index contributed by atoms with van der Waals surface area (Å²) < 4.78 is 2.05.